The Morgan fingerprint density at radius 2 is 2.23 bits per heavy atom. The Bertz CT molecular complexity index is 836. The lowest BCUT2D eigenvalue weighted by atomic mass is 10.2. The lowest BCUT2D eigenvalue weighted by Gasteiger charge is -2.08. The van der Waals surface area contributed by atoms with Gasteiger partial charge in [0.25, 0.3) is 5.91 Å². The number of thiazole rings is 1. The molecule has 0 bridgehead atoms. The van der Waals surface area contributed by atoms with Crippen LogP contribution in [0.1, 0.15) is 38.6 Å². The number of amides is 1. The molecule has 0 aliphatic heterocycles. The largest absolute Gasteiger partial charge is 0.347 e. The normalized spacial score (nSPS) is 11.0. The van der Waals surface area contributed by atoms with Gasteiger partial charge in [-0.1, -0.05) is 6.92 Å². The van der Waals surface area contributed by atoms with E-state index in [0.717, 1.165) is 33.3 Å². The van der Waals surface area contributed by atoms with Crippen molar-refractivity contribution in [1.82, 2.24) is 24.9 Å². The smallest absolute Gasteiger partial charge is 0.254 e. The van der Waals surface area contributed by atoms with Gasteiger partial charge >= 0.3 is 0 Å². The molecule has 0 fully saturated rings. The molecule has 0 unspecified atom stereocenters. The molecule has 0 aliphatic carbocycles. The monoisotopic (exact) mass is 315 g/mol. The molecule has 3 rings (SSSR count). The van der Waals surface area contributed by atoms with Gasteiger partial charge in [-0.05, 0) is 20.3 Å². The van der Waals surface area contributed by atoms with Crippen LogP contribution in [0.15, 0.2) is 18.5 Å². The number of rotatable bonds is 4. The predicted octanol–water partition coefficient (Wildman–Crippen LogP) is 2.30. The number of fused-ring (bicyclic) bond motifs is 1. The summed E-state index contributed by atoms with van der Waals surface area (Å²) in [5, 5.41) is 8.15. The Balaban J connectivity index is 1.79. The van der Waals surface area contributed by atoms with Crippen LogP contribution < -0.4 is 5.32 Å². The standard InChI is InChI=1S/C15H17N5OS/c1-4-12-13(22-10(3)19-12)8-17-15(21)11-7-16-14-5-6-18-20(14)9(11)2/h5-7H,4,8H2,1-3H3,(H,17,21). The zero-order chi connectivity index (χ0) is 15.7. The third kappa shape index (κ3) is 2.59. The quantitative estimate of drug-likeness (QED) is 0.802. The molecule has 7 heteroatoms. The molecule has 0 spiro atoms. The van der Waals surface area contributed by atoms with E-state index < -0.39 is 0 Å². The molecule has 3 aromatic rings. The van der Waals surface area contributed by atoms with E-state index in [-0.39, 0.29) is 5.91 Å². The van der Waals surface area contributed by atoms with Gasteiger partial charge in [-0.25, -0.2) is 14.5 Å². The number of hydrogen-bond donors (Lipinski definition) is 1. The van der Waals surface area contributed by atoms with E-state index in [4.69, 9.17) is 0 Å². The first-order valence-corrected chi connectivity index (χ1v) is 7.94. The molecule has 0 saturated carbocycles. The van der Waals surface area contributed by atoms with Gasteiger partial charge in [0, 0.05) is 17.1 Å². The molecule has 22 heavy (non-hydrogen) atoms. The van der Waals surface area contributed by atoms with E-state index in [1.807, 2.05) is 19.9 Å². The fourth-order valence-electron chi connectivity index (χ4n) is 2.40. The van der Waals surface area contributed by atoms with E-state index in [0.29, 0.717) is 12.1 Å². The van der Waals surface area contributed by atoms with E-state index >= 15 is 0 Å². The van der Waals surface area contributed by atoms with Crippen LogP contribution in [0.4, 0.5) is 0 Å². The molecule has 3 aromatic heterocycles. The number of hydrogen-bond acceptors (Lipinski definition) is 5. The average Bonchev–Trinajstić information content (AvgIpc) is 3.11. The molecule has 0 atom stereocenters. The highest BCUT2D eigenvalue weighted by molar-refractivity contribution is 7.11. The Kier molecular flexibility index (Phi) is 3.89. The second kappa shape index (κ2) is 5.84. The third-order valence-corrected chi connectivity index (χ3v) is 4.54. The van der Waals surface area contributed by atoms with Gasteiger partial charge in [0.2, 0.25) is 0 Å². The second-order valence-electron chi connectivity index (χ2n) is 5.00. The van der Waals surface area contributed by atoms with Crippen molar-refractivity contribution in [2.24, 2.45) is 0 Å². The summed E-state index contributed by atoms with van der Waals surface area (Å²) in [5.74, 6) is -0.143. The topological polar surface area (TPSA) is 72.2 Å². The predicted molar refractivity (Wildman–Crippen MR) is 85.1 cm³/mol. The van der Waals surface area contributed by atoms with E-state index in [2.05, 4.69) is 27.3 Å². The van der Waals surface area contributed by atoms with Crippen molar-refractivity contribution in [1.29, 1.82) is 0 Å². The molecule has 1 N–H and O–H groups in total. The van der Waals surface area contributed by atoms with Gasteiger partial charge < -0.3 is 5.32 Å². The van der Waals surface area contributed by atoms with Crippen LogP contribution in [-0.4, -0.2) is 25.5 Å². The maximum atomic E-state index is 12.4. The summed E-state index contributed by atoms with van der Waals surface area (Å²) in [7, 11) is 0. The SMILES string of the molecule is CCc1nc(C)sc1CNC(=O)c1cnc2ccnn2c1C. The summed E-state index contributed by atoms with van der Waals surface area (Å²) in [6, 6.07) is 1.81. The number of aryl methyl sites for hydroxylation is 3. The number of aromatic nitrogens is 4. The van der Waals surface area contributed by atoms with Gasteiger partial charge in [0.1, 0.15) is 0 Å². The van der Waals surface area contributed by atoms with Gasteiger partial charge in [-0.15, -0.1) is 11.3 Å². The molecule has 0 saturated heterocycles. The lowest BCUT2D eigenvalue weighted by molar-refractivity contribution is 0.0949. The lowest BCUT2D eigenvalue weighted by Crippen LogP contribution is -2.24. The van der Waals surface area contributed by atoms with Gasteiger partial charge in [-0.2, -0.15) is 5.10 Å². The summed E-state index contributed by atoms with van der Waals surface area (Å²) >= 11 is 1.63. The van der Waals surface area contributed by atoms with Gasteiger partial charge in [-0.3, -0.25) is 4.79 Å². The zero-order valence-corrected chi connectivity index (χ0v) is 13.6. The Labute approximate surface area is 132 Å². The highest BCUT2D eigenvalue weighted by Crippen LogP contribution is 2.18. The molecule has 0 aliphatic rings. The minimum atomic E-state index is -0.143. The Hall–Kier alpha value is -2.28. The molecule has 0 radical (unpaired) electrons. The minimum Gasteiger partial charge on any atom is -0.347 e. The van der Waals surface area contributed by atoms with Crippen molar-refractivity contribution in [3.63, 3.8) is 0 Å². The summed E-state index contributed by atoms with van der Waals surface area (Å²) in [4.78, 5) is 22.2. The molecule has 3 heterocycles. The van der Waals surface area contributed by atoms with Crippen LogP contribution in [0.5, 0.6) is 0 Å². The molecule has 0 aromatic carbocycles. The number of carbonyl (C=O) groups is 1. The van der Waals surface area contributed by atoms with Crippen molar-refractivity contribution in [2.75, 3.05) is 0 Å². The fraction of sp³-hybridized carbons (Fsp3) is 0.333. The summed E-state index contributed by atoms with van der Waals surface area (Å²) in [6.45, 7) is 6.41. The van der Waals surface area contributed by atoms with E-state index in [1.54, 1.807) is 28.2 Å². The first-order valence-electron chi connectivity index (χ1n) is 7.13. The van der Waals surface area contributed by atoms with E-state index in [9.17, 15) is 4.79 Å². The summed E-state index contributed by atoms with van der Waals surface area (Å²) in [5.41, 5.74) is 3.11. The van der Waals surface area contributed by atoms with Crippen LogP contribution in [-0.2, 0) is 13.0 Å². The van der Waals surface area contributed by atoms with Crippen molar-refractivity contribution in [3.8, 4) is 0 Å². The first-order chi connectivity index (χ1) is 10.6. The zero-order valence-electron chi connectivity index (χ0n) is 12.8. The number of nitrogens with zero attached hydrogens (tertiary/aromatic N) is 4. The van der Waals surface area contributed by atoms with Crippen LogP contribution in [0.2, 0.25) is 0 Å². The highest BCUT2D eigenvalue weighted by atomic mass is 32.1. The summed E-state index contributed by atoms with van der Waals surface area (Å²) in [6.07, 6.45) is 4.14. The van der Waals surface area contributed by atoms with Crippen molar-refractivity contribution < 1.29 is 4.79 Å². The maximum Gasteiger partial charge on any atom is 0.254 e. The minimum absolute atomic E-state index is 0.143. The molecular formula is C15H17N5OS. The molecule has 1 amide bonds. The average molecular weight is 315 g/mol. The van der Waals surface area contributed by atoms with Crippen LogP contribution in [0, 0.1) is 13.8 Å². The maximum absolute atomic E-state index is 12.4. The van der Waals surface area contributed by atoms with Gasteiger partial charge in [0.05, 0.1) is 34.7 Å². The fourth-order valence-corrected chi connectivity index (χ4v) is 3.36. The van der Waals surface area contributed by atoms with Crippen LogP contribution in [0.3, 0.4) is 0 Å². The van der Waals surface area contributed by atoms with Crippen LogP contribution >= 0.6 is 11.3 Å². The molecule has 114 valence electrons. The van der Waals surface area contributed by atoms with Crippen molar-refractivity contribution in [2.45, 2.75) is 33.7 Å². The third-order valence-electron chi connectivity index (χ3n) is 3.53. The van der Waals surface area contributed by atoms with E-state index in [1.165, 1.54) is 0 Å². The van der Waals surface area contributed by atoms with Gasteiger partial charge in [0.15, 0.2) is 5.65 Å². The van der Waals surface area contributed by atoms with Crippen LogP contribution in [0.25, 0.3) is 5.65 Å². The summed E-state index contributed by atoms with van der Waals surface area (Å²) < 4.78 is 1.67. The molecule has 6 nitrogen and oxygen atoms in total. The number of nitrogens with one attached hydrogen (secondary N) is 1. The Morgan fingerprint density at radius 3 is 3.00 bits per heavy atom. The molecular weight excluding hydrogens is 298 g/mol. The highest BCUT2D eigenvalue weighted by Gasteiger charge is 2.14. The second-order valence-corrected chi connectivity index (χ2v) is 6.29. The van der Waals surface area contributed by atoms with Crippen molar-refractivity contribution >= 4 is 22.9 Å². The Morgan fingerprint density at radius 1 is 1.41 bits per heavy atom. The van der Waals surface area contributed by atoms with Crippen molar-refractivity contribution in [3.05, 3.63) is 45.3 Å². The first kappa shape index (κ1) is 14.6. The number of carbonyl (C=O) groups excluding carboxylic acids is 1.